The third-order valence-corrected chi connectivity index (χ3v) is 3.60. The van der Waals surface area contributed by atoms with Gasteiger partial charge >= 0.3 is 0 Å². The number of carbonyl (C=O) groups excluding carboxylic acids is 2. The summed E-state index contributed by atoms with van der Waals surface area (Å²) in [5, 5.41) is 5.66. The summed E-state index contributed by atoms with van der Waals surface area (Å²) in [6, 6.07) is 9.08. The topological polar surface area (TPSA) is 80.3 Å². The Morgan fingerprint density at radius 2 is 2.21 bits per heavy atom. The van der Waals surface area contributed by atoms with Crippen molar-refractivity contribution in [2.24, 2.45) is 0 Å². The normalized spacial score (nSPS) is 15.4. The first kappa shape index (κ1) is 17.7. The van der Waals surface area contributed by atoms with Crippen LogP contribution in [0.5, 0.6) is 5.75 Å². The van der Waals surface area contributed by atoms with E-state index in [0.29, 0.717) is 30.0 Å². The number of amides is 2. The first-order valence-corrected chi connectivity index (χ1v) is 7.42. The van der Waals surface area contributed by atoms with E-state index >= 15 is 0 Å². The second kappa shape index (κ2) is 7.79. The maximum absolute atomic E-state index is 11.9. The lowest BCUT2D eigenvalue weighted by Gasteiger charge is -2.23. The lowest BCUT2D eigenvalue weighted by atomic mass is 10.1. The molecule has 2 N–H and O–H groups in total. The summed E-state index contributed by atoms with van der Waals surface area (Å²) in [5.41, 5.74) is 2.21. The van der Waals surface area contributed by atoms with Crippen molar-refractivity contribution in [3.8, 4) is 5.75 Å². The average molecular weight is 348 g/mol. The number of hydrogen-bond acceptors (Lipinski definition) is 4. The molecule has 0 saturated carbocycles. The molecule has 1 aliphatic heterocycles. The van der Waals surface area contributed by atoms with Crippen molar-refractivity contribution in [2.75, 3.05) is 11.9 Å². The van der Waals surface area contributed by atoms with Gasteiger partial charge in [-0.1, -0.05) is 6.07 Å². The van der Waals surface area contributed by atoms with Gasteiger partial charge in [-0.3, -0.25) is 14.6 Å². The molecule has 1 unspecified atom stereocenters. The molecule has 1 atom stereocenters. The van der Waals surface area contributed by atoms with Crippen LogP contribution in [0.1, 0.15) is 22.8 Å². The minimum atomic E-state index is -0.480. The fraction of sp³-hybridized carbons (Fsp3) is 0.235. The molecule has 24 heavy (non-hydrogen) atoms. The maximum Gasteiger partial charge on any atom is 0.265 e. The van der Waals surface area contributed by atoms with Gasteiger partial charge in [-0.05, 0) is 43.2 Å². The standard InChI is InChI=1S/C17H17N3O3.ClH/c1-11-16(21)20-14-9-12(4-5-15(14)23-11)6-8-19-17(22)13-3-2-7-18-10-13;/h2-5,7,9-11H,6,8H2,1H3,(H,19,22)(H,20,21);1H. The Kier molecular flexibility index (Phi) is 5.76. The van der Waals surface area contributed by atoms with Gasteiger partial charge in [0.05, 0.1) is 11.3 Å². The molecule has 0 saturated heterocycles. The minimum absolute atomic E-state index is 0. The van der Waals surface area contributed by atoms with Gasteiger partial charge in [0.2, 0.25) is 0 Å². The van der Waals surface area contributed by atoms with E-state index in [4.69, 9.17) is 4.74 Å². The number of hydrogen-bond donors (Lipinski definition) is 2. The molecule has 126 valence electrons. The molecule has 0 aliphatic carbocycles. The van der Waals surface area contributed by atoms with Crippen molar-refractivity contribution in [1.29, 1.82) is 0 Å². The van der Waals surface area contributed by atoms with E-state index in [1.807, 2.05) is 18.2 Å². The molecule has 2 amide bonds. The predicted molar refractivity (Wildman–Crippen MR) is 92.7 cm³/mol. The molecule has 0 radical (unpaired) electrons. The van der Waals surface area contributed by atoms with E-state index in [1.165, 1.54) is 6.20 Å². The second-order valence-electron chi connectivity index (χ2n) is 5.33. The number of aromatic nitrogens is 1. The number of ether oxygens (including phenoxy) is 1. The van der Waals surface area contributed by atoms with Gasteiger partial charge in [-0.25, -0.2) is 0 Å². The highest BCUT2D eigenvalue weighted by molar-refractivity contribution is 5.97. The number of fused-ring (bicyclic) bond motifs is 1. The average Bonchev–Trinajstić information content (AvgIpc) is 2.57. The van der Waals surface area contributed by atoms with Gasteiger partial charge in [0.15, 0.2) is 6.10 Å². The zero-order valence-corrected chi connectivity index (χ0v) is 13.9. The first-order valence-electron chi connectivity index (χ1n) is 7.42. The van der Waals surface area contributed by atoms with E-state index in [0.717, 1.165) is 5.56 Å². The first-order chi connectivity index (χ1) is 11.1. The van der Waals surface area contributed by atoms with E-state index in [-0.39, 0.29) is 24.2 Å². The third-order valence-electron chi connectivity index (χ3n) is 3.60. The molecule has 0 bridgehead atoms. The van der Waals surface area contributed by atoms with E-state index in [2.05, 4.69) is 15.6 Å². The fourth-order valence-corrected chi connectivity index (χ4v) is 2.33. The number of rotatable bonds is 4. The molecular weight excluding hydrogens is 330 g/mol. The maximum atomic E-state index is 11.9. The monoisotopic (exact) mass is 347 g/mol. The lowest BCUT2D eigenvalue weighted by Crippen LogP contribution is -2.34. The van der Waals surface area contributed by atoms with E-state index in [9.17, 15) is 9.59 Å². The van der Waals surface area contributed by atoms with Crippen LogP contribution in [0.3, 0.4) is 0 Å². The van der Waals surface area contributed by atoms with Crippen LogP contribution in [0.4, 0.5) is 5.69 Å². The summed E-state index contributed by atoms with van der Waals surface area (Å²) in [6.45, 7) is 2.21. The van der Waals surface area contributed by atoms with Gasteiger partial charge in [0.1, 0.15) is 5.75 Å². The zero-order valence-electron chi connectivity index (χ0n) is 13.1. The van der Waals surface area contributed by atoms with Crippen molar-refractivity contribution in [1.82, 2.24) is 10.3 Å². The van der Waals surface area contributed by atoms with Crippen LogP contribution in [0, 0.1) is 0 Å². The van der Waals surface area contributed by atoms with Gasteiger partial charge < -0.3 is 15.4 Å². The van der Waals surface area contributed by atoms with Gasteiger partial charge in [-0.15, -0.1) is 12.4 Å². The molecule has 7 heteroatoms. The summed E-state index contributed by atoms with van der Waals surface area (Å²) in [5.74, 6) is 0.362. The van der Waals surface area contributed by atoms with Crippen molar-refractivity contribution in [3.63, 3.8) is 0 Å². The molecular formula is C17H18ClN3O3. The second-order valence-corrected chi connectivity index (χ2v) is 5.33. The molecule has 6 nitrogen and oxygen atoms in total. The molecule has 1 aromatic carbocycles. The Hall–Kier alpha value is -2.60. The van der Waals surface area contributed by atoms with Crippen molar-refractivity contribution >= 4 is 29.9 Å². The zero-order chi connectivity index (χ0) is 16.2. The quantitative estimate of drug-likeness (QED) is 0.888. The van der Waals surface area contributed by atoms with E-state index in [1.54, 1.807) is 25.3 Å². The molecule has 0 spiro atoms. The largest absolute Gasteiger partial charge is 0.479 e. The number of pyridine rings is 1. The molecule has 2 aromatic rings. The van der Waals surface area contributed by atoms with Gasteiger partial charge in [0.25, 0.3) is 11.8 Å². The van der Waals surface area contributed by atoms with Crippen LogP contribution in [-0.4, -0.2) is 29.4 Å². The Morgan fingerprint density at radius 3 is 2.96 bits per heavy atom. The van der Waals surface area contributed by atoms with Crippen molar-refractivity contribution in [3.05, 3.63) is 53.9 Å². The van der Waals surface area contributed by atoms with Crippen molar-refractivity contribution < 1.29 is 14.3 Å². The predicted octanol–water partition coefficient (Wildman–Crippen LogP) is 2.20. The molecule has 1 aromatic heterocycles. The lowest BCUT2D eigenvalue weighted by molar-refractivity contribution is -0.122. The van der Waals surface area contributed by atoms with Crippen LogP contribution in [0.15, 0.2) is 42.7 Å². The van der Waals surface area contributed by atoms with Crippen LogP contribution in [0.2, 0.25) is 0 Å². The Morgan fingerprint density at radius 1 is 1.38 bits per heavy atom. The molecule has 0 fully saturated rings. The molecule has 2 heterocycles. The summed E-state index contributed by atoms with van der Waals surface area (Å²) in [7, 11) is 0. The SMILES string of the molecule is CC1Oc2ccc(CCNC(=O)c3cccnc3)cc2NC1=O.Cl. The summed E-state index contributed by atoms with van der Waals surface area (Å²) < 4.78 is 5.51. The highest BCUT2D eigenvalue weighted by Crippen LogP contribution is 2.30. The summed E-state index contributed by atoms with van der Waals surface area (Å²) >= 11 is 0. The number of nitrogens with one attached hydrogen (secondary N) is 2. The smallest absolute Gasteiger partial charge is 0.265 e. The summed E-state index contributed by atoms with van der Waals surface area (Å²) in [6.07, 6.45) is 3.33. The number of halogens is 1. The summed E-state index contributed by atoms with van der Waals surface area (Å²) in [4.78, 5) is 27.5. The highest BCUT2D eigenvalue weighted by Gasteiger charge is 2.23. The Balaban J connectivity index is 0.00000208. The minimum Gasteiger partial charge on any atom is -0.479 e. The van der Waals surface area contributed by atoms with Gasteiger partial charge in [0, 0.05) is 18.9 Å². The van der Waals surface area contributed by atoms with Crippen molar-refractivity contribution in [2.45, 2.75) is 19.4 Å². The third kappa shape index (κ3) is 4.02. The number of anilines is 1. The highest BCUT2D eigenvalue weighted by atomic mass is 35.5. The number of carbonyl (C=O) groups is 2. The van der Waals surface area contributed by atoms with Crippen LogP contribution in [-0.2, 0) is 11.2 Å². The van der Waals surface area contributed by atoms with Crippen LogP contribution in [0.25, 0.3) is 0 Å². The fourth-order valence-electron chi connectivity index (χ4n) is 2.33. The van der Waals surface area contributed by atoms with Gasteiger partial charge in [-0.2, -0.15) is 0 Å². The molecule has 1 aliphatic rings. The Bertz CT molecular complexity index is 737. The van der Waals surface area contributed by atoms with Crippen LogP contribution < -0.4 is 15.4 Å². The Labute approximate surface area is 146 Å². The number of benzene rings is 1. The molecule has 3 rings (SSSR count). The number of nitrogens with zero attached hydrogens (tertiary/aromatic N) is 1. The van der Waals surface area contributed by atoms with Crippen LogP contribution >= 0.6 is 12.4 Å². The van der Waals surface area contributed by atoms with E-state index < -0.39 is 6.10 Å².